The zero-order chi connectivity index (χ0) is 20.1. The second kappa shape index (κ2) is 9.05. The molecule has 3 atom stereocenters. The van der Waals surface area contributed by atoms with Gasteiger partial charge in [0, 0.05) is 11.5 Å². The summed E-state index contributed by atoms with van der Waals surface area (Å²) >= 11 is 0. The van der Waals surface area contributed by atoms with Crippen molar-refractivity contribution in [1.82, 2.24) is 0 Å². The SMILES string of the molecule is COc1ccc([C@@H]2CC=C(C)[C@@H](CC=C(C)C)[C@H]2C(=O)c2ccccc2)cc1. The van der Waals surface area contributed by atoms with Crippen LogP contribution < -0.4 is 4.74 Å². The highest BCUT2D eigenvalue weighted by Crippen LogP contribution is 2.44. The summed E-state index contributed by atoms with van der Waals surface area (Å²) in [5, 5.41) is 0. The van der Waals surface area contributed by atoms with Crippen molar-refractivity contribution in [2.24, 2.45) is 11.8 Å². The Morgan fingerprint density at radius 3 is 2.36 bits per heavy atom. The van der Waals surface area contributed by atoms with E-state index in [1.54, 1.807) is 7.11 Å². The van der Waals surface area contributed by atoms with Gasteiger partial charge in [0.2, 0.25) is 0 Å². The Morgan fingerprint density at radius 2 is 1.75 bits per heavy atom. The second-order valence-electron chi connectivity index (χ2n) is 7.94. The summed E-state index contributed by atoms with van der Waals surface area (Å²) in [5.41, 5.74) is 4.64. The molecule has 0 amide bonds. The average Bonchev–Trinajstić information content (AvgIpc) is 2.72. The van der Waals surface area contributed by atoms with Gasteiger partial charge in [0.15, 0.2) is 5.78 Å². The van der Waals surface area contributed by atoms with E-state index in [1.165, 1.54) is 16.7 Å². The summed E-state index contributed by atoms with van der Waals surface area (Å²) in [4.78, 5) is 13.6. The van der Waals surface area contributed by atoms with Crippen molar-refractivity contribution in [3.8, 4) is 5.75 Å². The maximum absolute atomic E-state index is 13.6. The van der Waals surface area contributed by atoms with Crippen molar-refractivity contribution in [3.05, 3.63) is 89.0 Å². The number of Topliss-reactive ketones (excluding diaryl/α,β-unsaturated/α-hetero) is 1. The van der Waals surface area contributed by atoms with Crippen LogP contribution in [-0.2, 0) is 0 Å². The number of hydrogen-bond donors (Lipinski definition) is 0. The maximum atomic E-state index is 13.6. The Bertz CT molecular complexity index is 855. The van der Waals surface area contributed by atoms with Crippen molar-refractivity contribution >= 4 is 5.78 Å². The molecule has 0 N–H and O–H groups in total. The molecule has 3 rings (SSSR count). The highest BCUT2D eigenvalue weighted by atomic mass is 16.5. The van der Waals surface area contributed by atoms with Crippen molar-refractivity contribution in [2.45, 2.75) is 39.5 Å². The fourth-order valence-corrected chi connectivity index (χ4v) is 4.22. The smallest absolute Gasteiger partial charge is 0.167 e. The van der Waals surface area contributed by atoms with Gasteiger partial charge in [-0.25, -0.2) is 0 Å². The fourth-order valence-electron chi connectivity index (χ4n) is 4.22. The van der Waals surface area contributed by atoms with Crippen LogP contribution in [0, 0.1) is 11.8 Å². The minimum Gasteiger partial charge on any atom is -0.497 e. The summed E-state index contributed by atoms with van der Waals surface area (Å²) in [6.45, 7) is 6.42. The lowest BCUT2D eigenvalue weighted by molar-refractivity contribution is 0.0850. The van der Waals surface area contributed by atoms with E-state index in [2.05, 4.69) is 45.1 Å². The number of carbonyl (C=O) groups excluding carboxylic acids is 1. The molecular weight excluding hydrogens is 344 g/mol. The molecule has 0 spiro atoms. The summed E-state index contributed by atoms with van der Waals surface area (Å²) in [5.74, 6) is 1.44. The van der Waals surface area contributed by atoms with Crippen LogP contribution in [0.5, 0.6) is 5.75 Å². The third kappa shape index (κ3) is 4.44. The van der Waals surface area contributed by atoms with Gasteiger partial charge >= 0.3 is 0 Å². The van der Waals surface area contributed by atoms with Crippen LogP contribution in [0.3, 0.4) is 0 Å². The number of ketones is 1. The summed E-state index contributed by atoms with van der Waals surface area (Å²) in [6.07, 6.45) is 6.39. The van der Waals surface area contributed by atoms with Crippen molar-refractivity contribution in [3.63, 3.8) is 0 Å². The van der Waals surface area contributed by atoms with Crippen molar-refractivity contribution in [1.29, 1.82) is 0 Å². The predicted molar refractivity (Wildman–Crippen MR) is 116 cm³/mol. The van der Waals surface area contributed by atoms with E-state index in [0.717, 1.165) is 24.2 Å². The van der Waals surface area contributed by atoms with Crippen molar-refractivity contribution in [2.75, 3.05) is 7.11 Å². The molecule has 0 saturated carbocycles. The van der Waals surface area contributed by atoms with Crippen LogP contribution in [-0.4, -0.2) is 12.9 Å². The standard InChI is InChI=1S/C26H30O2/c1-18(2)10-16-23-19(3)11-17-24(20-12-14-22(28-4)15-13-20)25(23)26(27)21-8-6-5-7-9-21/h5-15,23-25H,16-17H2,1-4H3/t23-,24+,25-/m1/s1. The third-order valence-electron chi connectivity index (χ3n) is 5.83. The zero-order valence-corrected chi connectivity index (χ0v) is 17.3. The first-order chi connectivity index (χ1) is 13.5. The topological polar surface area (TPSA) is 26.3 Å². The lowest BCUT2D eigenvalue weighted by Gasteiger charge is -2.37. The second-order valence-corrected chi connectivity index (χ2v) is 7.94. The third-order valence-corrected chi connectivity index (χ3v) is 5.83. The molecule has 2 nitrogen and oxygen atoms in total. The van der Waals surface area contributed by atoms with Gasteiger partial charge in [-0.1, -0.05) is 65.8 Å². The number of allylic oxidation sites excluding steroid dienone is 4. The molecule has 1 aliphatic rings. The molecule has 2 heteroatoms. The lowest BCUT2D eigenvalue weighted by Crippen LogP contribution is -2.33. The molecule has 0 bridgehead atoms. The van der Waals surface area contributed by atoms with E-state index in [9.17, 15) is 4.79 Å². The number of rotatable bonds is 6. The first kappa shape index (κ1) is 20.1. The zero-order valence-electron chi connectivity index (χ0n) is 17.3. The van der Waals surface area contributed by atoms with Gasteiger partial charge in [-0.2, -0.15) is 0 Å². The molecule has 0 saturated heterocycles. The van der Waals surface area contributed by atoms with Crippen LogP contribution in [0.4, 0.5) is 0 Å². The molecule has 146 valence electrons. The Morgan fingerprint density at radius 1 is 1.07 bits per heavy atom. The quantitative estimate of drug-likeness (QED) is 0.420. The average molecular weight is 375 g/mol. The van der Waals surface area contributed by atoms with E-state index in [1.807, 2.05) is 42.5 Å². The van der Waals surface area contributed by atoms with Crippen molar-refractivity contribution < 1.29 is 9.53 Å². The molecular formula is C26H30O2. The van der Waals surface area contributed by atoms with Crippen LogP contribution >= 0.6 is 0 Å². The maximum Gasteiger partial charge on any atom is 0.167 e. The summed E-state index contributed by atoms with van der Waals surface area (Å²) < 4.78 is 5.32. The molecule has 0 unspecified atom stereocenters. The Balaban J connectivity index is 2.03. The van der Waals surface area contributed by atoms with Crippen LogP contribution in [0.1, 0.15) is 55.5 Å². The number of benzene rings is 2. The Labute approximate surface area is 168 Å². The van der Waals surface area contributed by atoms with Crippen LogP contribution in [0.2, 0.25) is 0 Å². The molecule has 28 heavy (non-hydrogen) atoms. The van der Waals surface area contributed by atoms with E-state index in [0.29, 0.717) is 0 Å². The van der Waals surface area contributed by atoms with Gasteiger partial charge in [-0.15, -0.1) is 0 Å². The van der Waals surface area contributed by atoms with Crippen LogP contribution in [0.25, 0.3) is 0 Å². The van der Waals surface area contributed by atoms with E-state index in [-0.39, 0.29) is 23.5 Å². The summed E-state index contributed by atoms with van der Waals surface area (Å²) in [7, 11) is 1.68. The predicted octanol–water partition coefficient (Wildman–Crippen LogP) is 6.60. The van der Waals surface area contributed by atoms with Gasteiger partial charge in [-0.05, 0) is 63.1 Å². The minimum absolute atomic E-state index is 0.0589. The number of ether oxygens (including phenoxy) is 1. The van der Waals surface area contributed by atoms with E-state index < -0.39 is 0 Å². The van der Waals surface area contributed by atoms with Crippen LogP contribution in [0.15, 0.2) is 77.9 Å². The molecule has 0 heterocycles. The molecule has 1 aliphatic carbocycles. The van der Waals surface area contributed by atoms with E-state index in [4.69, 9.17) is 4.74 Å². The lowest BCUT2D eigenvalue weighted by atomic mass is 9.66. The Hall–Kier alpha value is -2.61. The highest BCUT2D eigenvalue weighted by Gasteiger charge is 2.39. The van der Waals surface area contributed by atoms with E-state index >= 15 is 0 Å². The first-order valence-corrected chi connectivity index (χ1v) is 10.0. The van der Waals surface area contributed by atoms with Gasteiger partial charge in [-0.3, -0.25) is 4.79 Å². The Kier molecular flexibility index (Phi) is 6.51. The van der Waals surface area contributed by atoms with Gasteiger partial charge < -0.3 is 4.74 Å². The monoisotopic (exact) mass is 374 g/mol. The molecule has 0 fully saturated rings. The largest absolute Gasteiger partial charge is 0.497 e. The summed E-state index contributed by atoms with van der Waals surface area (Å²) in [6, 6.07) is 18.0. The molecule has 0 radical (unpaired) electrons. The minimum atomic E-state index is -0.0589. The molecule has 2 aromatic carbocycles. The van der Waals surface area contributed by atoms with Gasteiger partial charge in [0.25, 0.3) is 0 Å². The molecule has 0 aliphatic heterocycles. The van der Waals surface area contributed by atoms with Gasteiger partial charge in [0.1, 0.15) is 5.75 Å². The van der Waals surface area contributed by atoms with Gasteiger partial charge in [0.05, 0.1) is 7.11 Å². The molecule has 2 aromatic rings. The first-order valence-electron chi connectivity index (χ1n) is 10.0. The fraction of sp³-hybridized carbons (Fsp3) is 0.346. The highest BCUT2D eigenvalue weighted by molar-refractivity contribution is 5.99. The number of hydrogen-bond acceptors (Lipinski definition) is 2. The molecule has 0 aromatic heterocycles. The number of methoxy groups -OCH3 is 1. The normalized spacial score (nSPS) is 21.6. The number of carbonyl (C=O) groups is 1.